The van der Waals surface area contributed by atoms with Gasteiger partial charge in [0.05, 0.1) is 17.3 Å². The molecule has 0 atom stereocenters. The van der Waals surface area contributed by atoms with E-state index in [2.05, 4.69) is 10.5 Å². The number of nitrogens with zero attached hydrogens (tertiary/aromatic N) is 3. The maximum atomic E-state index is 13.4. The Hall–Kier alpha value is -3.29. The van der Waals surface area contributed by atoms with Crippen molar-refractivity contribution in [3.8, 4) is 5.69 Å². The molecule has 166 valence electrons. The summed E-state index contributed by atoms with van der Waals surface area (Å²) in [5.74, 6) is 0.298. The summed E-state index contributed by atoms with van der Waals surface area (Å²) >= 11 is 7.52. The topological polar surface area (TPSA) is 76.3 Å². The lowest BCUT2D eigenvalue weighted by molar-refractivity contribution is 0.0955. The molecule has 0 spiro atoms. The third-order valence-corrected chi connectivity index (χ3v) is 7.23. The number of benzene rings is 2. The van der Waals surface area contributed by atoms with Crippen molar-refractivity contribution >= 4 is 45.3 Å². The van der Waals surface area contributed by atoms with Crippen LogP contribution in [-0.2, 0) is 12.8 Å². The highest BCUT2D eigenvalue weighted by atomic mass is 35.5. The lowest BCUT2D eigenvalue weighted by atomic mass is 9.97. The van der Waals surface area contributed by atoms with Crippen LogP contribution in [-0.4, -0.2) is 21.7 Å². The highest BCUT2D eigenvalue weighted by Crippen LogP contribution is 2.34. The van der Waals surface area contributed by atoms with E-state index in [1.54, 1.807) is 58.5 Å². The lowest BCUT2D eigenvalue weighted by Gasteiger charge is -2.12. The smallest absolute Gasteiger partial charge is 0.268 e. The van der Waals surface area contributed by atoms with E-state index < -0.39 is 0 Å². The molecule has 0 bridgehead atoms. The molecular weight excluding hydrogens is 456 g/mol. The molecule has 2 aromatic carbocycles. The Morgan fingerprint density at radius 1 is 1.12 bits per heavy atom. The van der Waals surface area contributed by atoms with E-state index in [9.17, 15) is 9.59 Å². The zero-order chi connectivity index (χ0) is 22.9. The van der Waals surface area contributed by atoms with Crippen LogP contribution < -0.4 is 11.0 Å². The van der Waals surface area contributed by atoms with Crippen molar-refractivity contribution in [3.05, 3.63) is 91.3 Å². The van der Waals surface area contributed by atoms with Crippen molar-refractivity contribution in [1.29, 1.82) is 0 Å². The summed E-state index contributed by atoms with van der Waals surface area (Å²) < 4.78 is 1.63. The second-order valence-corrected chi connectivity index (χ2v) is 9.51. The molecule has 1 N–H and O–H groups in total. The molecule has 1 aliphatic carbocycles. The fourth-order valence-corrected chi connectivity index (χ4v) is 5.57. The van der Waals surface area contributed by atoms with Crippen molar-refractivity contribution in [2.24, 2.45) is 5.10 Å². The van der Waals surface area contributed by atoms with Crippen LogP contribution in [0, 0.1) is 6.92 Å². The molecule has 4 aromatic rings. The van der Waals surface area contributed by atoms with E-state index >= 15 is 0 Å². The summed E-state index contributed by atoms with van der Waals surface area (Å²) in [6, 6.07) is 14.0. The maximum absolute atomic E-state index is 13.4. The summed E-state index contributed by atoms with van der Waals surface area (Å²) in [6.45, 7) is 1.84. The Balaban J connectivity index is 1.39. The van der Waals surface area contributed by atoms with Crippen LogP contribution in [0.3, 0.4) is 0 Å². The average molecular weight is 477 g/mol. The predicted molar refractivity (Wildman–Crippen MR) is 133 cm³/mol. The standard InChI is InChI=1S/C25H21ClN4O2S/c1-15-28-24-22(20-4-2-3-5-21(20)33-24)25(32)30(15)19-12-8-17(9-13-19)23(31)29-27-14-16-6-10-18(26)11-7-16/h6-14H,2-5H2,1H3,(H,29,31)/b27-14-. The van der Waals surface area contributed by atoms with Gasteiger partial charge in [-0.25, -0.2) is 10.4 Å². The third kappa shape index (κ3) is 4.21. The van der Waals surface area contributed by atoms with Crippen molar-refractivity contribution in [2.45, 2.75) is 32.6 Å². The van der Waals surface area contributed by atoms with Gasteiger partial charge in [0, 0.05) is 15.5 Å². The fraction of sp³-hybridized carbons (Fsp3) is 0.200. The average Bonchev–Trinajstić information content (AvgIpc) is 3.19. The lowest BCUT2D eigenvalue weighted by Crippen LogP contribution is -2.23. The number of aryl methyl sites for hydroxylation is 3. The SMILES string of the molecule is Cc1nc2sc3c(c2c(=O)n1-c1ccc(C(=O)N/N=C\c2ccc(Cl)cc2)cc1)CCCC3. The summed E-state index contributed by atoms with van der Waals surface area (Å²) in [5, 5.41) is 5.38. The molecule has 0 aliphatic heterocycles. The summed E-state index contributed by atoms with van der Waals surface area (Å²) in [6.07, 6.45) is 5.79. The minimum atomic E-state index is -0.337. The summed E-state index contributed by atoms with van der Waals surface area (Å²) in [7, 11) is 0. The first-order valence-corrected chi connectivity index (χ1v) is 11.9. The highest BCUT2D eigenvalue weighted by Gasteiger charge is 2.21. The van der Waals surface area contributed by atoms with Gasteiger partial charge < -0.3 is 0 Å². The molecule has 1 aliphatic rings. The number of aromatic nitrogens is 2. The van der Waals surface area contributed by atoms with Crippen LogP contribution in [0.1, 0.15) is 45.0 Å². The van der Waals surface area contributed by atoms with E-state index in [0.29, 0.717) is 22.1 Å². The first-order chi connectivity index (χ1) is 16.0. The van der Waals surface area contributed by atoms with Crippen molar-refractivity contribution < 1.29 is 4.79 Å². The number of nitrogens with one attached hydrogen (secondary N) is 1. The normalized spacial score (nSPS) is 13.4. The van der Waals surface area contributed by atoms with Gasteiger partial charge in [-0.2, -0.15) is 5.10 Å². The molecule has 0 saturated carbocycles. The van der Waals surface area contributed by atoms with Gasteiger partial charge in [0.15, 0.2) is 0 Å². The summed E-state index contributed by atoms with van der Waals surface area (Å²) in [4.78, 5) is 32.7. The molecule has 0 unspecified atom stereocenters. The van der Waals surface area contributed by atoms with Gasteiger partial charge in [0.2, 0.25) is 0 Å². The molecule has 2 aromatic heterocycles. The first kappa shape index (κ1) is 21.6. The molecule has 1 amide bonds. The molecule has 6 nitrogen and oxygen atoms in total. The number of carbonyl (C=O) groups is 1. The number of hydrazone groups is 1. The number of hydrogen-bond donors (Lipinski definition) is 1. The number of carbonyl (C=O) groups excluding carboxylic acids is 1. The van der Waals surface area contributed by atoms with Gasteiger partial charge in [-0.3, -0.25) is 14.2 Å². The Kier molecular flexibility index (Phi) is 5.83. The van der Waals surface area contributed by atoms with Crippen molar-refractivity contribution in [3.63, 3.8) is 0 Å². The van der Waals surface area contributed by atoms with Gasteiger partial charge in [-0.1, -0.05) is 23.7 Å². The van der Waals surface area contributed by atoms with Crippen molar-refractivity contribution in [2.75, 3.05) is 0 Å². The zero-order valence-corrected chi connectivity index (χ0v) is 19.5. The van der Waals surface area contributed by atoms with E-state index in [4.69, 9.17) is 16.6 Å². The molecule has 5 rings (SSSR count). The summed E-state index contributed by atoms with van der Waals surface area (Å²) in [5.41, 5.74) is 5.60. The van der Waals surface area contributed by atoms with Crippen LogP contribution in [0.2, 0.25) is 5.02 Å². The number of hydrogen-bond acceptors (Lipinski definition) is 5. The number of rotatable bonds is 4. The van der Waals surface area contributed by atoms with E-state index in [0.717, 1.165) is 35.0 Å². The predicted octanol–water partition coefficient (Wildman–Crippen LogP) is 5.05. The monoisotopic (exact) mass is 476 g/mol. The Labute approximate surface area is 199 Å². The second kappa shape index (κ2) is 8.92. The molecule has 8 heteroatoms. The fourth-order valence-electron chi connectivity index (χ4n) is 4.15. The molecule has 2 heterocycles. The Morgan fingerprint density at radius 2 is 1.85 bits per heavy atom. The maximum Gasteiger partial charge on any atom is 0.271 e. The van der Waals surface area contributed by atoms with Crippen LogP contribution in [0.25, 0.3) is 15.9 Å². The van der Waals surface area contributed by atoms with Gasteiger partial charge in [-0.05, 0) is 80.1 Å². The highest BCUT2D eigenvalue weighted by molar-refractivity contribution is 7.18. The number of fused-ring (bicyclic) bond motifs is 3. The molecule has 0 saturated heterocycles. The second-order valence-electron chi connectivity index (χ2n) is 7.99. The minimum Gasteiger partial charge on any atom is -0.268 e. The van der Waals surface area contributed by atoms with Gasteiger partial charge >= 0.3 is 0 Å². The van der Waals surface area contributed by atoms with Gasteiger partial charge in [0.1, 0.15) is 10.7 Å². The van der Waals surface area contributed by atoms with E-state index in [1.807, 2.05) is 19.1 Å². The quantitative estimate of drug-likeness (QED) is 0.330. The van der Waals surface area contributed by atoms with Gasteiger partial charge in [0.25, 0.3) is 11.5 Å². The Morgan fingerprint density at radius 3 is 2.61 bits per heavy atom. The minimum absolute atomic E-state index is 0.0401. The molecular formula is C25H21ClN4O2S. The van der Waals surface area contributed by atoms with E-state index in [1.165, 1.54) is 16.9 Å². The van der Waals surface area contributed by atoms with Crippen molar-refractivity contribution in [1.82, 2.24) is 15.0 Å². The van der Waals surface area contributed by atoms with Crippen LogP contribution in [0.5, 0.6) is 0 Å². The number of thiophene rings is 1. The number of halogens is 1. The molecule has 0 radical (unpaired) electrons. The third-order valence-electron chi connectivity index (χ3n) is 5.79. The molecule has 0 fully saturated rings. The zero-order valence-electron chi connectivity index (χ0n) is 18.0. The number of amides is 1. The largest absolute Gasteiger partial charge is 0.271 e. The molecule has 33 heavy (non-hydrogen) atoms. The van der Waals surface area contributed by atoms with Crippen LogP contribution in [0.4, 0.5) is 0 Å². The van der Waals surface area contributed by atoms with Gasteiger partial charge in [-0.15, -0.1) is 11.3 Å². The van der Waals surface area contributed by atoms with Crippen LogP contribution in [0.15, 0.2) is 58.4 Å². The first-order valence-electron chi connectivity index (χ1n) is 10.7. The van der Waals surface area contributed by atoms with E-state index in [-0.39, 0.29) is 11.5 Å². The van der Waals surface area contributed by atoms with Crippen LogP contribution >= 0.6 is 22.9 Å². The Bertz CT molecular complexity index is 1440.